The molecule has 0 saturated carbocycles. The molecule has 0 spiro atoms. The van der Waals surface area contributed by atoms with Crippen molar-refractivity contribution in [2.24, 2.45) is 10.9 Å². The van der Waals surface area contributed by atoms with Crippen molar-refractivity contribution in [3.63, 3.8) is 0 Å². The summed E-state index contributed by atoms with van der Waals surface area (Å²) in [6.45, 7) is 6.35. The van der Waals surface area contributed by atoms with E-state index in [9.17, 15) is 8.42 Å². The molecule has 0 amide bonds. The van der Waals surface area contributed by atoms with Gasteiger partial charge in [-0.1, -0.05) is 12.1 Å². The molecule has 1 N–H and O–H groups in total. The van der Waals surface area contributed by atoms with Crippen molar-refractivity contribution >= 4 is 15.8 Å². The third kappa shape index (κ3) is 7.50. The fraction of sp³-hybridized carbons (Fsp3) is 0.650. The first-order valence-corrected chi connectivity index (χ1v) is 11.7. The minimum absolute atomic E-state index is 0.357. The van der Waals surface area contributed by atoms with Crippen molar-refractivity contribution in [1.82, 2.24) is 10.2 Å². The Bertz CT molecular complexity index is 696. The first-order valence-electron chi connectivity index (χ1n) is 9.76. The molecule has 1 aliphatic rings. The first-order chi connectivity index (χ1) is 12.9. The summed E-state index contributed by atoms with van der Waals surface area (Å²) >= 11 is 0. The van der Waals surface area contributed by atoms with Gasteiger partial charge in [-0.2, -0.15) is 0 Å². The molecule has 0 radical (unpaired) electrons. The number of nitrogens with one attached hydrogen (secondary N) is 1. The van der Waals surface area contributed by atoms with E-state index in [1.165, 1.54) is 6.26 Å². The van der Waals surface area contributed by atoms with E-state index < -0.39 is 9.84 Å². The number of guanidine groups is 1. The predicted molar refractivity (Wildman–Crippen MR) is 110 cm³/mol. The predicted octanol–water partition coefficient (Wildman–Crippen LogP) is 2.35. The van der Waals surface area contributed by atoms with Crippen LogP contribution in [0.2, 0.25) is 0 Å². The van der Waals surface area contributed by atoms with Crippen LogP contribution in [0.15, 0.2) is 34.2 Å². The van der Waals surface area contributed by atoms with E-state index in [1.807, 2.05) is 12.1 Å². The van der Waals surface area contributed by atoms with Gasteiger partial charge in [0.25, 0.3) is 0 Å². The molecule has 152 valence electrons. The number of sulfone groups is 1. The van der Waals surface area contributed by atoms with Gasteiger partial charge in [0.05, 0.1) is 4.90 Å². The van der Waals surface area contributed by atoms with E-state index in [2.05, 4.69) is 24.2 Å². The van der Waals surface area contributed by atoms with Gasteiger partial charge in [0.1, 0.15) is 0 Å². The Balaban J connectivity index is 1.86. The van der Waals surface area contributed by atoms with Crippen molar-refractivity contribution in [1.29, 1.82) is 0 Å². The molecule has 7 heteroatoms. The molecule has 0 aliphatic carbocycles. The maximum Gasteiger partial charge on any atom is 0.193 e. The minimum Gasteiger partial charge on any atom is -0.381 e. The fourth-order valence-electron chi connectivity index (χ4n) is 3.18. The second-order valence-electron chi connectivity index (χ2n) is 7.17. The number of hydrogen-bond donors (Lipinski definition) is 1. The Morgan fingerprint density at radius 2 is 1.93 bits per heavy atom. The zero-order valence-corrected chi connectivity index (χ0v) is 17.6. The summed E-state index contributed by atoms with van der Waals surface area (Å²) in [5.41, 5.74) is 1.09. The fourth-order valence-corrected chi connectivity index (χ4v) is 3.81. The molecule has 27 heavy (non-hydrogen) atoms. The van der Waals surface area contributed by atoms with Crippen LogP contribution in [0.1, 0.15) is 31.7 Å². The quantitative estimate of drug-likeness (QED) is 0.540. The lowest BCUT2D eigenvalue weighted by atomic mass is 9.96. The Morgan fingerprint density at radius 3 is 2.52 bits per heavy atom. The van der Waals surface area contributed by atoms with Gasteiger partial charge in [0.2, 0.25) is 0 Å². The highest BCUT2D eigenvalue weighted by Crippen LogP contribution is 2.18. The van der Waals surface area contributed by atoms with Gasteiger partial charge in [-0.15, -0.1) is 0 Å². The molecule has 0 aromatic heterocycles. The molecule has 1 aliphatic heterocycles. The zero-order chi connectivity index (χ0) is 19.7. The molecule has 0 unspecified atom stereocenters. The summed E-state index contributed by atoms with van der Waals surface area (Å²) in [5.74, 6) is 1.68. The SMILES string of the molecule is CCNC(=NCCc1ccc(S(C)(=O)=O)cc1)N(C)CCC1CCOCC1. The van der Waals surface area contributed by atoms with Crippen LogP contribution in [0.4, 0.5) is 0 Å². The molecule has 1 saturated heterocycles. The molecule has 0 atom stereocenters. The third-order valence-corrected chi connectivity index (χ3v) is 6.05. The van der Waals surface area contributed by atoms with Gasteiger partial charge in [0.15, 0.2) is 15.8 Å². The summed E-state index contributed by atoms with van der Waals surface area (Å²) < 4.78 is 28.5. The topological polar surface area (TPSA) is 71.0 Å². The van der Waals surface area contributed by atoms with Crippen molar-refractivity contribution in [2.45, 2.75) is 37.5 Å². The van der Waals surface area contributed by atoms with Crippen LogP contribution in [0, 0.1) is 5.92 Å². The highest BCUT2D eigenvalue weighted by molar-refractivity contribution is 7.90. The van der Waals surface area contributed by atoms with Crippen LogP contribution < -0.4 is 5.32 Å². The number of rotatable bonds is 8. The van der Waals surface area contributed by atoms with Gasteiger partial charge < -0.3 is 15.0 Å². The molecular formula is C20H33N3O3S. The molecule has 6 nitrogen and oxygen atoms in total. The number of ether oxygens (including phenoxy) is 1. The molecule has 1 fully saturated rings. The Hall–Kier alpha value is -1.60. The number of benzene rings is 1. The van der Waals surface area contributed by atoms with E-state index in [0.29, 0.717) is 11.4 Å². The summed E-state index contributed by atoms with van der Waals surface area (Å²) in [7, 11) is -1.05. The second-order valence-corrected chi connectivity index (χ2v) is 9.18. The van der Waals surface area contributed by atoms with E-state index in [0.717, 1.165) is 69.4 Å². The van der Waals surface area contributed by atoms with Crippen molar-refractivity contribution < 1.29 is 13.2 Å². The van der Waals surface area contributed by atoms with Gasteiger partial charge in [-0.05, 0) is 56.2 Å². The Morgan fingerprint density at radius 1 is 1.26 bits per heavy atom. The first kappa shape index (κ1) is 21.7. The summed E-state index contributed by atoms with van der Waals surface area (Å²) in [5, 5.41) is 3.36. The third-order valence-electron chi connectivity index (χ3n) is 4.92. The maximum atomic E-state index is 11.5. The van der Waals surface area contributed by atoms with Crippen LogP contribution in [-0.4, -0.2) is 65.4 Å². The van der Waals surface area contributed by atoms with Crippen molar-refractivity contribution in [2.75, 3.05) is 46.2 Å². The standard InChI is InChI=1S/C20H33N3O3S/c1-4-21-20(23(2)14-10-18-11-15-26-16-12-18)22-13-9-17-5-7-19(8-6-17)27(3,24)25/h5-8,18H,4,9-16H2,1-3H3,(H,21,22). The molecule has 1 heterocycles. The molecular weight excluding hydrogens is 362 g/mol. The van der Waals surface area contributed by atoms with E-state index in [4.69, 9.17) is 9.73 Å². The zero-order valence-electron chi connectivity index (χ0n) is 16.8. The minimum atomic E-state index is -3.14. The lowest BCUT2D eigenvalue weighted by Crippen LogP contribution is -2.40. The van der Waals surface area contributed by atoms with E-state index in [-0.39, 0.29) is 0 Å². The Kier molecular flexibility index (Phi) is 8.57. The maximum absolute atomic E-state index is 11.5. The monoisotopic (exact) mass is 395 g/mol. The van der Waals surface area contributed by atoms with Crippen molar-refractivity contribution in [3.05, 3.63) is 29.8 Å². The average molecular weight is 396 g/mol. The second kappa shape index (κ2) is 10.7. The van der Waals surface area contributed by atoms with Crippen LogP contribution in [-0.2, 0) is 21.0 Å². The van der Waals surface area contributed by atoms with Gasteiger partial charge >= 0.3 is 0 Å². The largest absolute Gasteiger partial charge is 0.381 e. The molecule has 2 rings (SSSR count). The number of nitrogens with zero attached hydrogens (tertiary/aromatic N) is 2. The van der Waals surface area contributed by atoms with E-state index >= 15 is 0 Å². The van der Waals surface area contributed by atoms with Crippen molar-refractivity contribution in [3.8, 4) is 0 Å². The van der Waals surface area contributed by atoms with Crippen LogP contribution >= 0.6 is 0 Å². The number of hydrogen-bond acceptors (Lipinski definition) is 4. The summed E-state index contributed by atoms with van der Waals surface area (Å²) in [6.07, 6.45) is 5.49. The number of aliphatic imine (C=N–C) groups is 1. The van der Waals surface area contributed by atoms with Crippen LogP contribution in [0.5, 0.6) is 0 Å². The molecule has 1 aromatic carbocycles. The highest BCUT2D eigenvalue weighted by Gasteiger charge is 2.15. The summed E-state index contributed by atoms with van der Waals surface area (Å²) in [6, 6.07) is 7.07. The van der Waals surface area contributed by atoms with Crippen LogP contribution in [0.3, 0.4) is 0 Å². The smallest absolute Gasteiger partial charge is 0.193 e. The van der Waals surface area contributed by atoms with Crippen LogP contribution in [0.25, 0.3) is 0 Å². The van der Waals surface area contributed by atoms with Gasteiger partial charge in [0, 0.05) is 46.2 Å². The lowest BCUT2D eigenvalue weighted by Gasteiger charge is -2.26. The lowest BCUT2D eigenvalue weighted by molar-refractivity contribution is 0.0625. The van der Waals surface area contributed by atoms with Gasteiger partial charge in [-0.25, -0.2) is 8.42 Å². The molecule has 1 aromatic rings. The average Bonchev–Trinajstić information content (AvgIpc) is 2.66. The summed E-state index contributed by atoms with van der Waals surface area (Å²) in [4.78, 5) is 7.29. The highest BCUT2D eigenvalue weighted by atomic mass is 32.2. The molecule has 0 bridgehead atoms. The normalized spacial score (nSPS) is 16.3. The van der Waals surface area contributed by atoms with E-state index in [1.54, 1.807) is 12.1 Å². The Labute approximate surface area is 163 Å². The van der Waals surface area contributed by atoms with Gasteiger partial charge in [-0.3, -0.25) is 4.99 Å².